The maximum Gasteiger partial charge on any atom is 0.474 e. The van der Waals surface area contributed by atoms with Gasteiger partial charge in [-0.05, 0) is 35.5 Å². The van der Waals surface area contributed by atoms with Crippen molar-refractivity contribution < 1.29 is 14.9 Å². The zero-order valence-electron chi connectivity index (χ0n) is 13.1. The van der Waals surface area contributed by atoms with Crippen LogP contribution in [-0.4, -0.2) is 40.3 Å². The van der Waals surface area contributed by atoms with E-state index in [1.165, 1.54) is 0 Å². The van der Waals surface area contributed by atoms with Gasteiger partial charge in [-0.15, -0.1) is 0 Å². The molecule has 2 rings (SSSR count). The summed E-state index contributed by atoms with van der Waals surface area (Å²) in [5.74, 6) is -0.418. The molecule has 116 valence electrons. The normalized spacial score (nSPS) is 15.5. The van der Waals surface area contributed by atoms with Gasteiger partial charge in [0, 0.05) is 0 Å². The van der Waals surface area contributed by atoms with E-state index in [-0.39, 0.29) is 12.3 Å². The van der Waals surface area contributed by atoms with E-state index in [0.717, 1.165) is 16.0 Å². The SMILES string of the molecule is C/C=C/c1ccc2c(c1)C=NN(C(=O)CC(O)C(C)C)B2O. The Kier molecular flexibility index (Phi) is 5.16. The summed E-state index contributed by atoms with van der Waals surface area (Å²) in [7, 11) is -1.12. The van der Waals surface area contributed by atoms with Gasteiger partial charge in [0.1, 0.15) is 0 Å². The van der Waals surface area contributed by atoms with Gasteiger partial charge in [-0.25, -0.2) is 4.92 Å². The second kappa shape index (κ2) is 6.90. The van der Waals surface area contributed by atoms with Crippen LogP contribution < -0.4 is 5.46 Å². The second-order valence-corrected chi connectivity index (χ2v) is 5.76. The lowest BCUT2D eigenvalue weighted by Gasteiger charge is -2.26. The Morgan fingerprint density at radius 3 is 2.82 bits per heavy atom. The fraction of sp³-hybridized carbons (Fsp3) is 0.375. The number of fused-ring (bicyclic) bond motifs is 1. The zero-order valence-corrected chi connectivity index (χ0v) is 13.1. The molecule has 0 saturated heterocycles. The molecule has 0 aliphatic carbocycles. The van der Waals surface area contributed by atoms with Crippen molar-refractivity contribution in [2.75, 3.05) is 0 Å². The summed E-state index contributed by atoms with van der Waals surface area (Å²) in [4.78, 5) is 13.2. The van der Waals surface area contributed by atoms with Crippen LogP contribution in [0.3, 0.4) is 0 Å². The van der Waals surface area contributed by atoms with Crippen molar-refractivity contribution in [3.63, 3.8) is 0 Å². The summed E-state index contributed by atoms with van der Waals surface area (Å²) in [6.45, 7) is 5.61. The van der Waals surface area contributed by atoms with Gasteiger partial charge in [0.2, 0.25) is 5.91 Å². The first-order valence-electron chi connectivity index (χ1n) is 7.43. The highest BCUT2D eigenvalue weighted by molar-refractivity contribution is 6.67. The zero-order chi connectivity index (χ0) is 16.3. The first-order chi connectivity index (χ1) is 10.4. The number of carbonyl (C=O) groups is 1. The summed E-state index contributed by atoms with van der Waals surface area (Å²) in [6.07, 6.45) is 4.65. The van der Waals surface area contributed by atoms with Gasteiger partial charge in [0.05, 0.1) is 18.7 Å². The van der Waals surface area contributed by atoms with Gasteiger partial charge < -0.3 is 10.1 Å². The van der Waals surface area contributed by atoms with Crippen LogP contribution in [0.15, 0.2) is 29.4 Å². The lowest BCUT2D eigenvalue weighted by Crippen LogP contribution is -2.53. The Labute approximate surface area is 131 Å². The molecule has 0 fully saturated rings. The molecular weight excluding hydrogens is 279 g/mol. The quantitative estimate of drug-likeness (QED) is 0.815. The van der Waals surface area contributed by atoms with Gasteiger partial charge in [-0.1, -0.05) is 38.1 Å². The van der Waals surface area contributed by atoms with E-state index in [0.29, 0.717) is 5.46 Å². The first-order valence-corrected chi connectivity index (χ1v) is 7.43. The summed E-state index contributed by atoms with van der Waals surface area (Å²) < 4.78 is 0. The van der Waals surface area contributed by atoms with Crippen molar-refractivity contribution in [2.45, 2.75) is 33.3 Å². The lowest BCUT2D eigenvalue weighted by atomic mass is 9.69. The molecule has 0 radical (unpaired) electrons. The van der Waals surface area contributed by atoms with E-state index in [9.17, 15) is 14.9 Å². The van der Waals surface area contributed by atoms with Crippen LogP contribution in [0.5, 0.6) is 0 Å². The number of benzene rings is 1. The van der Waals surface area contributed by atoms with Crippen LogP contribution in [-0.2, 0) is 4.79 Å². The number of rotatable bonds is 4. The molecule has 1 unspecified atom stereocenters. The number of hydrogen-bond acceptors (Lipinski definition) is 4. The molecule has 1 aliphatic rings. The van der Waals surface area contributed by atoms with Crippen molar-refractivity contribution in [1.29, 1.82) is 0 Å². The number of carbonyl (C=O) groups excluding carboxylic acids is 1. The molecule has 0 aromatic heterocycles. The van der Waals surface area contributed by atoms with Gasteiger partial charge in [-0.2, -0.15) is 5.10 Å². The van der Waals surface area contributed by atoms with Crippen LogP contribution in [0, 0.1) is 5.92 Å². The highest BCUT2D eigenvalue weighted by Crippen LogP contribution is 2.13. The molecule has 0 saturated carbocycles. The summed E-state index contributed by atoms with van der Waals surface area (Å²) in [5, 5.41) is 24.2. The van der Waals surface area contributed by atoms with Crippen molar-refractivity contribution in [3.8, 4) is 0 Å². The molecule has 1 atom stereocenters. The summed E-state index contributed by atoms with van der Waals surface area (Å²) >= 11 is 0. The van der Waals surface area contributed by atoms with E-state index >= 15 is 0 Å². The molecule has 1 aromatic carbocycles. The molecule has 1 heterocycles. The largest absolute Gasteiger partial charge is 0.474 e. The maximum absolute atomic E-state index is 12.2. The molecule has 2 N–H and O–H groups in total. The van der Waals surface area contributed by atoms with Gasteiger partial charge in [0.15, 0.2) is 0 Å². The average molecular weight is 300 g/mol. The van der Waals surface area contributed by atoms with E-state index in [1.807, 2.05) is 45.1 Å². The summed E-state index contributed by atoms with van der Waals surface area (Å²) in [6, 6.07) is 5.58. The van der Waals surface area contributed by atoms with Gasteiger partial charge >= 0.3 is 7.05 Å². The second-order valence-electron chi connectivity index (χ2n) is 5.76. The fourth-order valence-corrected chi connectivity index (χ4v) is 2.26. The number of nitrogens with zero attached hydrogens (tertiary/aromatic N) is 2. The topological polar surface area (TPSA) is 73.1 Å². The number of amides is 1. The molecule has 5 nitrogen and oxygen atoms in total. The Morgan fingerprint density at radius 1 is 1.45 bits per heavy atom. The fourth-order valence-electron chi connectivity index (χ4n) is 2.26. The van der Waals surface area contributed by atoms with E-state index in [1.54, 1.807) is 12.3 Å². The van der Waals surface area contributed by atoms with E-state index in [2.05, 4.69) is 5.10 Å². The molecule has 1 aliphatic heterocycles. The van der Waals surface area contributed by atoms with Gasteiger partial charge in [-0.3, -0.25) is 4.79 Å². The van der Waals surface area contributed by atoms with Crippen molar-refractivity contribution in [3.05, 3.63) is 35.4 Å². The van der Waals surface area contributed by atoms with E-state index < -0.39 is 19.1 Å². The molecule has 6 heteroatoms. The minimum atomic E-state index is -1.12. The third kappa shape index (κ3) is 3.46. The molecule has 0 spiro atoms. The number of hydrazone groups is 1. The molecule has 1 aromatic rings. The van der Waals surface area contributed by atoms with Crippen LogP contribution in [0.25, 0.3) is 6.08 Å². The van der Waals surface area contributed by atoms with Crippen LogP contribution in [0.4, 0.5) is 0 Å². The third-order valence-corrected chi connectivity index (χ3v) is 3.71. The molecule has 22 heavy (non-hydrogen) atoms. The minimum Gasteiger partial charge on any atom is -0.427 e. The van der Waals surface area contributed by atoms with Crippen LogP contribution >= 0.6 is 0 Å². The Bertz CT molecular complexity index is 613. The highest BCUT2D eigenvalue weighted by atomic mass is 16.3. The number of allylic oxidation sites excluding steroid dienone is 1. The van der Waals surface area contributed by atoms with Crippen LogP contribution in [0.1, 0.15) is 38.3 Å². The Balaban J connectivity index is 2.19. The predicted molar refractivity (Wildman–Crippen MR) is 88.7 cm³/mol. The monoisotopic (exact) mass is 300 g/mol. The number of aliphatic hydroxyl groups excluding tert-OH is 1. The molecular formula is C16H21BN2O3. The standard InChI is InChI=1S/C16H21BN2O3/c1-4-5-12-6-7-14-13(8-12)10-18-19(17(14)22)16(21)9-15(20)11(2)3/h4-8,10-11,15,20,22H,9H2,1-3H3/b5-4+. The summed E-state index contributed by atoms with van der Waals surface area (Å²) in [5.41, 5.74) is 2.43. The van der Waals surface area contributed by atoms with Gasteiger partial charge in [0.25, 0.3) is 0 Å². The van der Waals surface area contributed by atoms with Crippen molar-refractivity contribution >= 4 is 30.7 Å². The number of hydrogen-bond donors (Lipinski definition) is 2. The highest BCUT2D eigenvalue weighted by Gasteiger charge is 2.34. The molecule has 0 bridgehead atoms. The lowest BCUT2D eigenvalue weighted by molar-refractivity contribution is -0.130. The minimum absolute atomic E-state index is 0.0226. The maximum atomic E-state index is 12.2. The molecule has 1 amide bonds. The van der Waals surface area contributed by atoms with E-state index in [4.69, 9.17) is 0 Å². The van der Waals surface area contributed by atoms with Crippen LogP contribution in [0.2, 0.25) is 0 Å². The average Bonchev–Trinajstić information content (AvgIpc) is 2.47. The first kappa shape index (κ1) is 16.5. The smallest absolute Gasteiger partial charge is 0.427 e. The number of aliphatic hydroxyl groups is 1. The Morgan fingerprint density at radius 2 is 2.18 bits per heavy atom. The third-order valence-electron chi connectivity index (χ3n) is 3.71. The Hall–Kier alpha value is -1.92. The van der Waals surface area contributed by atoms with Crippen molar-refractivity contribution in [1.82, 2.24) is 4.92 Å². The predicted octanol–water partition coefficient (Wildman–Crippen LogP) is 0.990. The van der Waals surface area contributed by atoms with Crippen molar-refractivity contribution in [2.24, 2.45) is 11.0 Å².